The average molecular weight is 381 g/mol. The molecule has 2 unspecified atom stereocenters. The first-order valence-corrected chi connectivity index (χ1v) is 10.4. The first-order chi connectivity index (χ1) is 13.6. The lowest BCUT2D eigenvalue weighted by molar-refractivity contribution is -0.123. The van der Waals surface area contributed by atoms with Gasteiger partial charge in [0.05, 0.1) is 17.0 Å². The zero-order chi connectivity index (χ0) is 19.3. The lowest BCUT2D eigenvalue weighted by atomic mass is 10.0. The molecule has 5 rings (SSSR count). The third kappa shape index (κ3) is 3.50. The minimum Gasteiger partial charge on any atom is -0.356 e. The second kappa shape index (κ2) is 6.87. The molecule has 2 aromatic rings. The van der Waals surface area contributed by atoms with Gasteiger partial charge in [-0.1, -0.05) is 12.1 Å². The van der Waals surface area contributed by atoms with Crippen molar-refractivity contribution >= 4 is 11.9 Å². The molecule has 2 saturated carbocycles. The summed E-state index contributed by atoms with van der Waals surface area (Å²) in [5.74, 6) is 3.09. The molecular formula is C21H27N5O2. The van der Waals surface area contributed by atoms with E-state index < -0.39 is 0 Å². The highest BCUT2D eigenvalue weighted by Crippen LogP contribution is 2.44. The molecule has 2 atom stereocenters. The van der Waals surface area contributed by atoms with Crippen LogP contribution in [0.4, 0.5) is 5.95 Å². The van der Waals surface area contributed by atoms with Gasteiger partial charge in [0, 0.05) is 43.2 Å². The van der Waals surface area contributed by atoms with Crippen LogP contribution in [0.2, 0.25) is 0 Å². The minimum atomic E-state index is 0.241. The number of rotatable bonds is 5. The van der Waals surface area contributed by atoms with Crippen molar-refractivity contribution in [3.05, 3.63) is 23.7 Å². The highest BCUT2D eigenvalue weighted by molar-refractivity contribution is 5.81. The van der Waals surface area contributed by atoms with E-state index in [2.05, 4.69) is 27.3 Å². The molecule has 1 saturated heterocycles. The number of aryl methyl sites for hydroxylation is 1. The Morgan fingerprint density at radius 2 is 2.00 bits per heavy atom. The summed E-state index contributed by atoms with van der Waals surface area (Å²) in [5.41, 5.74) is 2.91. The highest BCUT2D eigenvalue weighted by Gasteiger charge is 2.40. The van der Waals surface area contributed by atoms with Gasteiger partial charge in [-0.3, -0.25) is 4.79 Å². The first kappa shape index (κ1) is 17.6. The van der Waals surface area contributed by atoms with E-state index >= 15 is 0 Å². The SMILES string of the molecule is Cc1cc(-c2cnc(N3CCC(NC(=O)C4CC4C)CC3)nc2C2CC2)on1. The summed E-state index contributed by atoms with van der Waals surface area (Å²) in [5, 5.41) is 7.23. The Kier molecular flexibility index (Phi) is 4.33. The Morgan fingerprint density at radius 3 is 2.61 bits per heavy atom. The standard InChI is InChI=1S/C21H27N5O2/c1-12-9-16(12)20(27)23-15-5-7-26(8-6-15)21-22-11-17(18-10-13(2)25-28-18)19(24-21)14-3-4-14/h10-12,14-16H,3-9H2,1-2H3,(H,23,27). The van der Waals surface area contributed by atoms with Crippen LogP contribution in [0, 0.1) is 18.8 Å². The molecule has 0 radical (unpaired) electrons. The number of hydrogen-bond donors (Lipinski definition) is 1. The summed E-state index contributed by atoms with van der Waals surface area (Å²) < 4.78 is 5.45. The average Bonchev–Trinajstić information content (AvgIpc) is 3.62. The number of carbonyl (C=O) groups excluding carboxylic acids is 1. The van der Waals surface area contributed by atoms with Gasteiger partial charge in [0.2, 0.25) is 11.9 Å². The minimum absolute atomic E-state index is 0.241. The maximum Gasteiger partial charge on any atom is 0.225 e. The Hall–Kier alpha value is -2.44. The van der Waals surface area contributed by atoms with E-state index in [-0.39, 0.29) is 17.9 Å². The molecule has 28 heavy (non-hydrogen) atoms. The fourth-order valence-corrected chi connectivity index (χ4v) is 4.11. The van der Waals surface area contributed by atoms with Crippen LogP contribution < -0.4 is 10.2 Å². The van der Waals surface area contributed by atoms with Crippen molar-refractivity contribution in [2.45, 2.75) is 57.9 Å². The molecule has 0 bridgehead atoms. The molecule has 3 aliphatic rings. The van der Waals surface area contributed by atoms with E-state index in [0.717, 1.165) is 61.0 Å². The van der Waals surface area contributed by atoms with Crippen LogP contribution in [0.5, 0.6) is 0 Å². The quantitative estimate of drug-likeness (QED) is 0.857. The lowest BCUT2D eigenvalue weighted by Crippen LogP contribution is -2.45. The van der Waals surface area contributed by atoms with E-state index in [0.29, 0.717) is 11.8 Å². The maximum atomic E-state index is 12.2. The van der Waals surface area contributed by atoms with E-state index in [1.807, 2.05) is 19.2 Å². The number of anilines is 1. The number of hydrogen-bond acceptors (Lipinski definition) is 6. The van der Waals surface area contributed by atoms with Crippen LogP contribution >= 0.6 is 0 Å². The monoisotopic (exact) mass is 381 g/mol. The molecule has 7 heteroatoms. The second-order valence-electron chi connectivity index (χ2n) is 8.67. The third-order valence-corrected chi connectivity index (χ3v) is 6.23. The number of carbonyl (C=O) groups is 1. The third-order valence-electron chi connectivity index (χ3n) is 6.23. The van der Waals surface area contributed by atoms with E-state index in [4.69, 9.17) is 9.51 Å². The summed E-state index contributed by atoms with van der Waals surface area (Å²) in [6, 6.07) is 2.22. The van der Waals surface area contributed by atoms with Crippen LogP contribution in [0.15, 0.2) is 16.8 Å². The zero-order valence-corrected chi connectivity index (χ0v) is 16.5. The lowest BCUT2D eigenvalue weighted by Gasteiger charge is -2.32. The van der Waals surface area contributed by atoms with Gasteiger partial charge in [0.25, 0.3) is 0 Å². The van der Waals surface area contributed by atoms with Gasteiger partial charge in [-0.25, -0.2) is 9.97 Å². The van der Waals surface area contributed by atoms with Crippen LogP contribution in [0.3, 0.4) is 0 Å². The molecule has 0 aromatic carbocycles. The van der Waals surface area contributed by atoms with Crippen molar-refractivity contribution in [3.8, 4) is 11.3 Å². The van der Waals surface area contributed by atoms with Gasteiger partial charge >= 0.3 is 0 Å². The molecule has 2 aromatic heterocycles. The topological polar surface area (TPSA) is 84.2 Å². The van der Waals surface area contributed by atoms with Crippen molar-refractivity contribution in [3.63, 3.8) is 0 Å². The van der Waals surface area contributed by atoms with Crippen LogP contribution in [-0.4, -0.2) is 40.2 Å². The molecule has 1 aliphatic heterocycles. The molecule has 3 fully saturated rings. The fourth-order valence-electron chi connectivity index (χ4n) is 4.11. The van der Waals surface area contributed by atoms with Crippen molar-refractivity contribution in [1.29, 1.82) is 0 Å². The van der Waals surface area contributed by atoms with Gasteiger partial charge < -0.3 is 14.7 Å². The molecule has 0 spiro atoms. The van der Waals surface area contributed by atoms with E-state index in [1.54, 1.807) is 0 Å². The molecule has 3 heterocycles. The highest BCUT2D eigenvalue weighted by atomic mass is 16.5. The Balaban J connectivity index is 1.27. The summed E-state index contributed by atoms with van der Waals surface area (Å²) >= 11 is 0. The fraction of sp³-hybridized carbons (Fsp3) is 0.619. The normalized spacial score (nSPS) is 25.0. The van der Waals surface area contributed by atoms with E-state index in [9.17, 15) is 4.79 Å². The Bertz CT molecular complexity index is 883. The first-order valence-electron chi connectivity index (χ1n) is 10.4. The number of piperidine rings is 1. The molecule has 7 nitrogen and oxygen atoms in total. The number of amides is 1. The summed E-state index contributed by atoms with van der Waals surface area (Å²) in [6.45, 7) is 5.81. The summed E-state index contributed by atoms with van der Waals surface area (Å²) in [7, 11) is 0. The van der Waals surface area contributed by atoms with Gasteiger partial charge in [0.1, 0.15) is 0 Å². The number of nitrogens with zero attached hydrogens (tertiary/aromatic N) is 4. The summed E-state index contributed by atoms with van der Waals surface area (Å²) in [4.78, 5) is 24.0. The van der Waals surface area contributed by atoms with Crippen LogP contribution in [-0.2, 0) is 4.79 Å². The predicted molar refractivity (Wildman–Crippen MR) is 105 cm³/mol. The Morgan fingerprint density at radius 1 is 1.25 bits per heavy atom. The molecular weight excluding hydrogens is 354 g/mol. The molecule has 1 N–H and O–H groups in total. The van der Waals surface area contributed by atoms with Crippen molar-refractivity contribution < 1.29 is 9.32 Å². The molecule has 1 amide bonds. The second-order valence-corrected chi connectivity index (χ2v) is 8.67. The van der Waals surface area contributed by atoms with Crippen molar-refractivity contribution in [1.82, 2.24) is 20.4 Å². The number of nitrogens with one attached hydrogen (secondary N) is 1. The molecule has 148 valence electrons. The van der Waals surface area contributed by atoms with Gasteiger partial charge in [0.15, 0.2) is 5.76 Å². The maximum absolute atomic E-state index is 12.2. The number of aromatic nitrogens is 3. The largest absolute Gasteiger partial charge is 0.356 e. The Labute approximate surface area is 164 Å². The summed E-state index contributed by atoms with van der Waals surface area (Å²) in [6.07, 6.45) is 7.16. The van der Waals surface area contributed by atoms with E-state index in [1.165, 1.54) is 12.8 Å². The zero-order valence-electron chi connectivity index (χ0n) is 16.5. The van der Waals surface area contributed by atoms with Crippen molar-refractivity contribution in [2.24, 2.45) is 11.8 Å². The van der Waals surface area contributed by atoms with Gasteiger partial charge in [-0.15, -0.1) is 0 Å². The smallest absolute Gasteiger partial charge is 0.225 e. The van der Waals surface area contributed by atoms with Crippen molar-refractivity contribution in [2.75, 3.05) is 18.0 Å². The van der Waals surface area contributed by atoms with Gasteiger partial charge in [-0.2, -0.15) is 0 Å². The van der Waals surface area contributed by atoms with Crippen LogP contribution in [0.1, 0.15) is 56.3 Å². The van der Waals surface area contributed by atoms with Crippen LogP contribution in [0.25, 0.3) is 11.3 Å². The predicted octanol–water partition coefficient (Wildman–Crippen LogP) is 3.06. The molecule has 2 aliphatic carbocycles. The van der Waals surface area contributed by atoms with Gasteiger partial charge in [-0.05, 0) is 44.9 Å².